The summed E-state index contributed by atoms with van der Waals surface area (Å²) in [6.07, 6.45) is 3.34. The monoisotopic (exact) mass is 182 g/mol. The van der Waals surface area contributed by atoms with Gasteiger partial charge in [-0.2, -0.15) is 0 Å². The number of hydrogen-bond acceptors (Lipinski definition) is 4. The van der Waals surface area contributed by atoms with Crippen LogP contribution in [0.3, 0.4) is 0 Å². The van der Waals surface area contributed by atoms with Gasteiger partial charge in [-0.1, -0.05) is 5.21 Å². The maximum atomic E-state index is 10.5. The van der Waals surface area contributed by atoms with Gasteiger partial charge in [0.1, 0.15) is 0 Å². The van der Waals surface area contributed by atoms with E-state index in [0.29, 0.717) is 0 Å². The minimum Gasteiger partial charge on any atom is -0.476 e. The maximum absolute atomic E-state index is 10.5. The normalized spacial score (nSPS) is 26.8. The van der Waals surface area contributed by atoms with Crippen molar-refractivity contribution in [2.24, 2.45) is 5.73 Å². The molecule has 1 aliphatic rings. The number of carboxylic acid groups (broad SMARTS) is 1. The van der Waals surface area contributed by atoms with Crippen LogP contribution in [0.25, 0.3) is 0 Å². The van der Waals surface area contributed by atoms with Gasteiger partial charge in [0.15, 0.2) is 5.69 Å². The lowest BCUT2D eigenvalue weighted by molar-refractivity contribution is 0.0690. The van der Waals surface area contributed by atoms with Crippen molar-refractivity contribution in [1.82, 2.24) is 15.0 Å². The van der Waals surface area contributed by atoms with E-state index in [2.05, 4.69) is 10.3 Å². The van der Waals surface area contributed by atoms with E-state index in [4.69, 9.17) is 10.8 Å². The zero-order valence-electron chi connectivity index (χ0n) is 6.92. The number of nitrogens with two attached hydrogens (primary N) is 1. The summed E-state index contributed by atoms with van der Waals surface area (Å²) in [5.74, 6) is -1.06. The van der Waals surface area contributed by atoms with E-state index < -0.39 is 5.97 Å². The topological polar surface area (TPSA) is 94.0 Å². The van der Waals surface area contributed by atoms with Gasteiger partial charge in [0, 0.05) is 6.04 Å². The van der Waals surface area contributed by atoms with E-state index in [0.717, 1.165) is 12.8 Å². The van der Waals surface area contributed by atoms with Gasteiger partial charge in [-0.05, 0) is 12.8 Å². The van der Waals surface area contributed by atoms with Gasteiger partial charge in [-0.25, -0.2) is 9.48 Å². The molecule has 6 nitrogen and oxygen atoms in total. The predicted octanol–water partition coefficient (Wildman–Crippen LogP) is -0.362. The molecule has 1 heterocycles. The third-order valence-corrected chi connectivity index (χ3v) is 2.36. The number of nitrogens with zero attached hydrogens (tertiary/aromatic N) is 3. The van der Waals surface area contributed by atoms with Gasteiger partial charge in [-0.3, -0.25) is 0 Å². The van der Waals surface area contributed by atoms with Gasteiger partial charge in [0.2, 0.25) is 0 Å². The molecule has 1 aromatic rings. The highest BCUT2D eigenvalue weighted by atomic mass is 16.4. The molecule has 0 bridgehead atoms. The van der Waals surface area contributed by atoms with Crippen molar-refractivity contribution >= 4 is 5.97 Å². The van der Waals surface area contributed by atoms with Crippen LogP contribution in [-0.4, -0.2) is 32.1 Å². The Morgan fingerprint density at radius 1 is 1.69 bits per heavy atom. The molecule has 0 aromatic carbocycles. The average molecular weight is 182 g/mol. The molecule has 2 rings (SSSR count). The first kappa shape index (κ1) is 8.18. The first-order valence-corrected chi connectivity index (χ1v) is 4.09. The molecular formula is C7H10N4O2. The molecule has 0 amide bonds. The van der Waals surface area contributed by atoms with Crippen LogP contribution < -0.4 is 5.73 Å². The third-order valence-electron chi connectivity index (χ3n) is 2.36. The van der Waals surface area contributed by atoms with Gasteiger partial charge in [0.25, 0.3) is 0 Å². The van der Waals surface area contributed by atoms with Crippen LogP contribution in [0.1, 0.15) is 29.4 Å². The van der Waals surface area contributed by atoms with Gasteiger partial charge in [0.05, 0.1) is 12.2 Å². The van der Waals surface area contributed by atoms with E-state index in [1.54, 1.807) is 0 Å². The summed E-state index contributed by atoms with van der Waals surface area (Å²) >= 11 is 0. The predicted molar refractivity (Wildman–Crippen MR) is 43.2 cm³/mol. The molecule has 70 valence electrons. The molecule has 0 spiro atoms. The second kappa shape index (κ2) is 2.81. The number of carbonyl (C=O) groups is 1. The van der Waals surface area contributed by atoms with Crippen molar-refractivity contribution in [3.05, 3.63) is 11.9 Å². The molecule has 1 aromatic heterocycles. The summed E-state index contributed by atoms with van der Waals surface area (Å²) in [4.78, 5) is 10.5. The fraction of sp³-hybridized carbons (Fsp3) is 0.571. The number of hydrogen-bond donors (Lipinski definition) is 2. The summed E-state index contributed by atoms with van der Waals surface area (Å²) < 4.78 is 1.54. The van der Waals surface area contributed by atoms with Crippen LogP contribution in [-0.2, 0) is 0 Å². The number of aromatic carboxylic acids is 1. The van der Waals surface area contributed by atoms with Crippen molar-refractivity contribution in [1.29, 1.82) is 0 Å². The summed E-state index contributed by atoms with van der Waals surface area (Å²) in [5, 5.41) is 15.8. The highest BCUT2D eigenvalue weighted by Crippen LogP contribution is 2.29. The first-order chi connectivity index (χ1) is 6.18. The number of rotatable bonds is 2. The van der Waals surface area contributed by atoms with E-state index in [1.807, 2.05) is 0 Å². The Morgan fingerprint density at radius 2 is 2.46 bits per heavy atom. The first-order valence-electron chi connectivity index (χ1n) is 4.09. The Hall–Kier alpha value is -1.43. The second-order valence-electron chi connectivity index (χ2n) is 3.20. The van der Waals surface area contributed by atoms with Crippen LogP contribution in [0.5, 0.6) is 0 Å². The van der Waals surface area contributed by atoms with Crippen molar-refractivity contribution in [3.8, 4) is 0 Å². The summed E-state index contributed by atoms with van der Waals surface area (Å²) in [6, 6.07) is 0.212. The smallest absolute Gasteiger partial charge is 0.358 e. The molecule has 2 atom stereocenters. The van der Waals surface area contributed by atoms with E-state index in [-0.39, 0.29) is 17.8 Å². The quantitative estimate of drug-likeness (QED) is 0.651. The molecular weight excluding hydrogens is 172 g/mol. The fourth-order valence-electron chi connectivity index (χ4n) is 1.37. The lowest BCUT2D eigenvalue weighted by atomic mass is 9.87. The number of aromatic nitrogens is 3. The minimum atomic E-state index is -1.06. The largest absolute Gasteiger partial charge is 0.476 e. The van der Waals surface area contributed by atoms with Crippen LogP contribution in [0.4, 0.5) is 0 Å². The molecule has 0 radical (unpaired) electrons. The van der Waals surface area contributed by atoms with E-state index in [1.165, 1.54) is 10.9 Å². The summed E-state index contributed by atoms with van der Waals surface area (Å²) in [5.41, 5.74) is 5.68. The molecule has 1 fully saturated rings. The highest BCUT2D eigenvalue weighted by molar-refractivity contribution is 5.84. The molecule has 1 saturated carbocycles. The van der Waals surface area contributed by atoms with Gasteiger partial charge in [-0.15, -0.1) is 5.10 Å². The molecule has 13 heavy (non-hydrogen) atoms. The molecule has 6 heteroatoms. The highest BCUT2D eigenvalue weighted by Gasteiger charge is 2.30. The van der Waals surface area contributed by atoms with Crippen LogP contribution in [0, 0.1) is 0 Å². The SMILES string of the molecule is NC1CCC1n1cc(C(=O)O)nn1. The summed E-state index contributed by atoms with van der Waals surface area (Å²) in [6.45, 7) is 0. The standard InChI is InChI=1S/C7H10N4O2/c8-4-1-2-6(4)11-3-5(7(12)13)9-10-11/h3-4,6H,1-2,8H2,(H,12,13). The molecule has 2 unspecified atom stereocenters. The molecule has 3 N–H and O–H groups in total. The minimum absolute atomic E-state index is 0.0286. The van der Waals surface area contributed by atoms with Crippen molar-refractivity contribution < 1.29 is 9.90 Å². The van der Waals surface area contributed by atoms with Gasteiger partial charge < -0.3 is 10.8 Å². The van der Waals surface area contributed by atoms with E-state index >= 15 is 0 Å². The Bertz CT molecular complexity index is 335. The second-order valence-corrected chi connectivity index (χ2v) is 3.20. The Balaban J connectivity index is 2.17. The van der Waals surface area contributed by atoms with E-state index in [9.17, 15) is 4.79 Å². The van der Waals surface area contributed by atoms with Crippen LogP contribution >= 0.6 is 0 Å². The third kappa shape index (κ3) is 1.29. The Labute approximate surface area is 74.3 Å². The maximum Gasteiger partial charge on any atom is 0.358 e. The van der Waals surface area contributed by atoms with Crippen LogP contribution in [0.15, 0.2) is 6.20 Å². The average Bonchev–Trinajstić information content (AvgIpc) is 2.50. The molecule has 0 saturated heterocycles. The zero-order valence-corrected chi connectivity index (χ0v) is 6.92. The number of carboxylic acids is 1. The van der Waals surface area contributed by atoms with Gasteiger partial charge >= 0.3 is 5.97 Å². The molecule has 1 aliphatic carbocycles. The lowest BCUT2D eigenvalue weighted by Gasteiger charge is -2.32. The molecule has 0 aliphatic heterocycles. The lowest BCUT2D eigenvalue weighted by Crippen LogP contribution is -2.41. The van der Waals surface area contributed by atoms with Crippen LogP contribution in [0.2, 0.25) is 0 Å². The Kier molecular flexibility index (Phi) is 1.77. The van der Waals surface area contributed by atoms with Crippen molar-refractivity contribution in [3.63, 3.8) is 0 Å². The van der Waals surface area contributed by atoms with Crippen molar-refractivity contribution in [2.45, 2.75) is 24.9 Å². The Morgan fingerprint density at radius 3 is 2.85 bits per heavy atom. The summed E-state index contributed by atoms with van der Waals surface area (Å²) in [7, 11) is 0. The van der Waals surface area contributed by atoms with Crippen molar-refractivity contribution in [2.75, 3.05) is 0 Å². The zero-order chi connectivity index (χ0) is 9.42. The fourth-order valence-corrected chi connectivity index (χ4v) is 1.37.